The fourth-order valence-corrected chi connectivity index (χ4v) is 10.5. The van der Waals surface area contributed by atoms with Gasteiger partial charge in [-0.3, -0.25) is 9.59 Å². The number of unbranched alkanes of at least 4 members (excludes halogenated alkanes) is 48. The van der Waals surface area contributed by atoms with Crippen molar-refractivity contribution >= 4 is 11.9 Å². The van der Waals surface area contributed by atoms with E-state index >= 15 is 0 Å². The van der Waals surface area contributed by atoms with E-state index in [2.05, 4.69) is 43.5 Å². The number of aliphatic hydroxyl groups is 2. The van der Waals surface area contributed by atoms with Crippen LogP contribution in [-0.4, -0.2) is 47.4 Å². The van der Waals surface area contributed by atoms with Crippen LogP contribution in [0.25, 0.3) is 0 Å². The molecule has 0 aromatic heterocycles. The Kier molecular flexibility index (Phi) is 63.0. The van der Waals surface area contributed by atoms with Gasteiger partial charge < -0.3 is 20.3 Å². The monoisotopic (exact) mass is 1050 g/mol. The second kappa shape index (κ2) is 64.6. The highest BCUT2D eigenvalue weighted by Crippen LogP contribution is 2.18. The quantitative estimate of drug-likeness (QED) is 0.0320. The molecule has 2 unspecified atom stereocenters. The van der Waals surface area contributed by atoms with Crippen molar-refractivity contribution in [1.29, 1.82) is 0 Å². The van der Waals surface area contributed by atoms with E-state index in [-0.39, 0.29) is 18.5 Å². The van der Waals surface area contributed by atoms with E-state index in [1.807, 2.05) is 6.08 Å². The van der Waals surface area contributed by atoms with Gasteiger partial charge in [-0.15, -0.1) is 0 Å². The number of esters is 1. The van der Waals surface area contributed by atoms with Gasteiger partial charge in [-0.05, 0) is 64.2 Å². The average Bonchev–Trinajstić information content (AvgIpc) is 3.41. The lowest BCUT2D eigenvalue weighted by Gasteiger charge is -2.20. The summed E-state index contributed by atoms with van der Waals surface area (Å²) < 4.78 is 5.50. The van der Waals surface area contributed by atoms with Crippen LogP contribution in [-0.2, 0) is 14.3 Å². The summed E-state index contributed by atoms with van der Waals surface area (Å²) in [5, 5.41) is 23.2. The molecule has 0 aliphatic carbocycles. The number of aliphatic hydroxyl groups excluding tert-OH is 2. The molecular weight excluding hydrogens is 923 g/mol. The Morgan fingerprint density at radius 2 is 0.667 bits per heavy atom. The third-order valence-electron chi connectivity index (χ3n) is 15.7. The normalized spacial score (nSPS) is 12.7. The maximum Gasteiger partial charge on any atom is 0.305 e. The molecule has 0 aliphatic heterocycles. The van der Waals surface area contributed by atoms with Crippen LogP contribution in [0.1, 0.15) is 367 Å². The summed E-state index contributed by atoms with van der Waals surface area (Å²) in [7, 11) is 0. The van der Waals surface area contributed by atoms with Crippen LogP contribution < -0.4 is 5.32 Å². The van der Waals surface area contributed by atoms with Crippen LogP contribution in [0.5, 0.6) is 0 Å². The molecule has 0 fully saturated rings. The molecule has 0 aromatic rings. The summed E-state index contributed by atoms with van der Waals surface area (Å²) in [6.45, 7) is 4.93. The zero-order chi connectivity index (χ0) is 54.3. The number of amides is 1. The zero-order valence-corrected chi connectivity index (χ0v) is 50.5. The van der Waals surface area contributed by atoms with Crippen molar-refractivity contribution < 1.29 is 24.5 Å². The predicted octanol–water partition coefficient (Wildman–Crippen LogP) is 21.5. The van der Waals surface area contributed by atoms with E-state index in [1.54, 1.807) is 6.08 Å². The molecule has 75 heavy (non-hydrogen) atoms. The van der Waals surface area contributed by atoms with Gasteiger partial charge in [0.1, 0.15) is 0 Å². The zero-order valence-electron chi connectivity index (χ0n) is 50.5. The Morgan fingerprint density at radius 1 is 0.373 bits per heavy atom. The predicted molar refractivity (Wildman–Crippen MR) is 329 cm³/mol. The molecule has 0 saturated heterocycles. The van der Waals surface area contributed by atoms with Crippen molar-refractivity contribution in [1.82, 2.24) is 5.32 Å². The summed E-state index contributed by atoms with van der Waals surface area (Å²) in [6.07, 6.45) is 82.0. The first-order valence-electron chi connectivity index (χ1n) is 33.8. The molecule has 442 valence electrons. The standard InChI is InChI=1S/C69H131NO5/c1-3-5-7-9-11-13-15-17-19-21-30-33-37-41-45-49-53-57-61-67(72)66(65-71)70-68(73)62-58-54-50-46-42-38-34-31-27-25-23-22-24-26-28-32-36-40-44-48-52-56-60-64-75-69(74)63-59-55-51-47-43-39-35-29-20-18-16-14-12-10-8-6-4-2/h22,24-25,27,57,61,66-67,71-72H,3-21,23,26,28-56,58-60,62-65H2,1-2H3,(H,70,73)/b24-22-,27-25-,61-57+. The van der Waals surface area contributed by atoms with Crippen LogP contribution in [0.4, 0.5) is 0 Å². The first-order valence-corrected chi connectivity index (χ1v) is 33.8. The van der Waals surface area contributed by atoms with Gasteiger partial charge >= 0.3 is 5.97 Å². The van der Waals surface area contributed by atoms with E-state index < -0.39 is 12.1 Å². The molecule has 0 saturated carbocycles. The van der Waals surface area contributed by atoms with E-state index in [1.165, 1.54) is 283 Å². The number of hydrogen-bond acceptors (Lipinski definition) is 5. The van der Waals surface area contributed by atoms with Gasteiger partial charge in [0, 0.05) is 12.8 Å². The number of allylic oxidation sites excluding steroid dienone is 5. The number of carbonyl (C=O) groups excluding carboxylic acids is 2. The molecule has 0 spiro atoms. The second-order valence-corrected chi connectivity index (χ2v) is 23.2. The van der Waals surface area contributed by atoms with Crippen LogP contribution >= 0.6 is 0 Å². The Balaban J connectivity index is 3.45. The van der Waals surface area contributed by atoms with Crippen molar-refractivity contribution in [3.05, 3.63) is 36.5 Å². The number of nitrogens with one attached hydrogen (secondary N) is 1. The highest BCUT2D eigenvalue weighted by Gasteiger charge is 2.18. The summed E-state index contributed by atoms with van der Waals surface area (Å²) in [6, 6.07) is -0.636. The van der Waals surface area contributed by atoms with Gasteiger partial charge in [-0.25, -0.2) is 0 Å². The highest BCUT2D eigenvalue weighted by atomic mass is 16.5. The molecular formula is C69H131NO5. The van der Waals surface area contributed by atoms with Gasteiger partial charge in [-0.1, -0.05) is 326 Å². The maximum absolute atomic E-state index is 12.5. The van der Waals surface area contributed by atoms with Crippen molar-refractivity contribution in [2.24, 2.45) is 0 Å². The molecule has 0 aromatic carbocycles. The summed E-state index contributed by atoms with van der Waals surface area (Å²) in [5.74, 6) is -0.0651. The van der Waals surface area contributed by atoms with E-state index in [0.29, 0.717) is 19.4 Å². The molecule has 0 heterocycles. The largest absolute Gasteiger partial charge is 0.466 e. The molecule has 1 amide bonds. The topological polar surface area (TPSA) is 95.9 Å². The fourth-order valence-electron chi connectivity index (χ4n) is 10.5. The highest BCUT2D eigenvalue weighted by molar-refractivity contribution is 5.76. The number of rotatable bonds is 63. The average molecular weight is 1050 g/mol. The molecule has 0 rings (SSSR count). The lowest BCUT2D eigenvalue weighted by Crippen LogP contribution is -2.45. The Labute approximate surface area is 468 Å². The molecule has 6 heteroatoms. The number of ether oxygens (including phenoxy) is 1. The minimum atomic E-state index is -0.852. The summed E-state index contributed by atoms with van der Waals surface area (Å²) in [5.41, 5.74) is 0. The van der Waals surface area contributed by atoms with Crippen molar-refractivity contribution in [3.63, 3.8) is 0 Å². The van der Waals surface area contributed by atoms with Crippen molar-refractivity contribution in [2.75, 3.05) is 13.2 Å². The SMILES string of the molecule is CCCCCCCCCCCCCCCCCC/C=C/C(O)C(CO)NC(=O)CCCCCCCCC/C=C\C/C=C\CCCCCCCCCCCOC(=O)CCCCCCCCCCCCCCCCCCC. The Bertz CT molecular complexity index is 1210. The molecule has 2 atom stereocenters. The summed E-state index contributed by atoms with van der Waals surface area (Å²) >= 11 is 0. The molecule has 6 nitrogen and oxygen atoms in total. The second-order valence-electron chi connectivity index (χ2n) is 23.2. The first kappa shape index (κ1) is 73.1. The lowest BCUT2D eigenvalue weighted by atomic mass is 10.0. The maximum atomic E-state index is 12.5. The molecule has 0 aliphatic rings. The minimum Gasteiger partial charge on any atom is -0.466 e. The van der Waals surface area contributed by atoms with Gasteiger partial charge in [-0.2, -0.15) is 0 Å². The number of carbonyl (C=O) groups is 2. The van der Waals surface area contributed by atoms with Crippen LogP contribution in [0.2, 0.25) is 0 Å². The van der Waals surface area contributed by atoms with E-state index in [4.69, 9.17) is 4.74 Å². The summed E-state index contributed by atoms with van der Waals surface area (Å²) in [4.78, 5) is 24.6. The van der Waals surface area contributed by atoms with Gasteiger partial charge in [0.05, 0.1) is 25.4 Å². The van der Waals surface area contributed by atoms with Crippen LogP contribution in [0.3, 0.4) is 0 Å². The number of hydrogen-bond donors (Lipinski definition) is 3. The smallest absolute Gasteiger partial charge is 0.305 e. The van der Waals surface area contributed by atoms with Crippen LogP contribution in [0.15, 0.2) is 36.5 Å². The third kappa shape index (κ3) is 61.2. The van der Waals surface area contributed by atoms with Gasteiger partial charge in [0.2, 0.25) is 5.91 Å². The fraction of sp³-hybridized carbons (Fsp3) is 0.884. The molecule has 0 bridgehead atoms. The minimum absolute atomic E-state index is 0.0108. The molecule has 0 radical (unpaired) electrons. The molecule has 3 N–H and O–H groups in total. The van der Waals surface area contributed by atoms with Gasteiger partial charge in [0.15, 0.2) is 0 Å². The third-order valence-corrected chi connectivity index (χ3v) is 15.7. The Hall–Kier alpha value is -1.92. The first-order chi connectivity index (χ1) is 37.0. The van der Waals surface area contributed by atoms with Crippen LogP contribution in [0, 0.1) is 0 Å². The lowest BCUT2D eigenvalue weighted by molar-refractivity contribution is -0.143. The Morgan fingerprint density at radius 3 is 1.01 bits per heavy atom. The van der Waals surface area contributed by atoms with E-state index in [9.17, 15) is 19.8 Å². The van der Waals surface area contributed by atoms with E-state index in [0.717, 1.165) is 57.8 Å². The van der Waals surface area contributed by atoms with Crippen molar-refractivity contribution in [2.45, 2.75) is 379 Å². The van der Waals surface area contributed by atoms with Gasteiger partial charge in [0.25, 0.3) is 0 Å². The van der Waals surface area contributed by atoms with Crippen molar-refractivity contribution in [3.8, 4) is 0 Å².